The van der Waals surface area contributed by atoms with Crippen LogP contribution in [0.1, 0.15) is 105 Å². The van der Waals surface area contributed by atoms with Crippen LogP contribution in [-0.2, 0) is 21.7 Å². The normalized spacial score (nSPS) is 13.2. The van der Waals surface area contributed by atoms with Crippen LogP contribution in [0.4, 0.5) is 0 Å². The van der Waals surface area contributed by atoms with Gasteiger partial charge in [0.15, 0.2) is 11.2 Å². The van der Waals surface area contributed by atoms with E-state index in [-0.39, 0.29) is 21.7 Å². The van der Waals surface area contributed by atoms with E-state index < -0.39 is 0 Å². The van der Waals surface area contributed by atoms with Crippen LogP contribution in [0.2, 0.25) is 0 Å². The van der Waals surface area contributed by atoms with E-state index in [1.807, 2.05) is 60.7 Å². The van der Waals surface area contributed by atoms with E-state index in [1.54, 1.807) is 0 Å². The maximum atomic E-state index is 11.2. The topological polar surface area (TPSA) is 92.5 Å². The number of benzene rings is 4. The molecule has 6 aromatic rings. The number of aromatic hydroxyl groups is 2. The molecule has 0 saturated carbocycles. The van der Waals surface area contributed by atoms with E-state index in [4.69, 9.17) is 18.8 Å². The SMILES string of the molecule is CC(C)(C)c1cc(-c2nc3cc(-c4ccc5oc(-c6cc(C(C)(C)C)c(O)c(C(C)(C)C)c6)nc5c4)ccc3o2)cc(C(C)(C)C)c1O. The Kier molecular flexibility index (Phi) is 7.62. The Morgan fingerprint density at radius 2 is 0.708 bits per heavy atom. The van der Waals surface area contributed by atoms with Gasteiger partial charge in [-0.1, -0.05) is 95.2 Å². The molecular weight excluding hydrogens is 596 g/mol. The lowest BCUT2D eigenvalue weighted by molar-refractivity contribution is 0.422. The maximum absolute atomic E-state index is 11.2. The molecule has 0 aliphatic rings. The van der Waals surface area contributed by atoms with Gasteiger partial charge in [0, 0.05) is 33.4 Å². The van der Waals surface area contributed by atoms with Gasteiger partial charge >= 0.3 is 0 Å². The number of hydrogen-bond acceptors (Lipinski definition) is 6. The molecule has 6 nitrogen and oxygen atoms in total. The van der Waals surface area contributed by atoms with Crippen LogP contribution in [-0.4, -0.2) is 20.2 Å². The fraction of sp³-hybridized carbons (Fsp3) is 0.381. The lowest BCUT2D eigenvalue weighted by Crippen LogP contribution is -2.17. The van der Waals surface area contributed by atoms with Gasteiger partial charge in [0.25, 0.3) is 0 Å². The average Bonchev–Trinajstić information content (AvgIpc) is 3.58. The van der Waals surface area contributed by atoms with Crippen molar-refractivity contribution in [1.82, 2.24) is 9.97 Å². The zero-order valence-electron chi connectivity index (χ0n) is 30.4. The molecule has 6 heteroatoms. The fourth-order valence-corrected chi connectivity index (χ4v) is 6.26. The summed E-state index contributed by atoms with van der Waals surface area (Å²) in [5, 5.41) is 22.4. The van der Waals surface area contributed by atoms with Gasteiger partial charge in [-0.3, -0.25) is 0 Å². The van der Waals surface area contributed by atoms with E-state index in [0.29, 0.717) is 34.4 Å². The highest BCUT2D eigenvalue weighted by atomic mass is 16.4. The first-order valence-electron chi connectivity index (χ1n) is 16.7. The highest BCUT2D eigenvalue weighted by Gasteiger charge is 2.29. The largest absolute Gasteiger partial charge is 0.507 e. The van der Waals surface area contributed by atoms with Crippen LogP contribution in [0.5, 0.6) is 11.5 Å². The van der Waals surface area contributed by atoms with Crippen molar-refractivity contribution in [2.45, 2.75) is 105 Å². The van der Waals surface area contributed by atoms with Gasteiger partial charge in [-0.05, 0) is 81.3 Å². The number of nitrogens with zero attached hydrogens (tertiary/aromatic N) is 2. The molecule has 4 aromatic carbocycles. The van der Waals surface area contributed by atoms with Crippen molar-refractivity contribution in [3.8, 4) is 45.5 Å². The second-order valence-electron chi connectivity index (χ2n) is 17.2. The molecule has 0 aliphatic carbocycles. The number of fused-ring (bicyclic) bond motifs is 2. The molecule has 2 heterocycles. The van der Waals surface area contributed by atoms with Gasteiger partial charge in [-0.15, -0.1) is 0 Å². The number of aromatic nitrogens is 2. The molecule has 0 aliphatic heterocycles. The predicted octanol–water partition coefficient (Wildman–Crippen LogP) is 11.6. The van der Waals surface area contributed by atoms with Crippen molar-refractivity contribution in [2.24, 2.45) is 0 Å². The molecule has 0 atom stereocenters. The van der Waals surface area contributed by atoms with Gasteiger partial charge in [0.05, 0.1) is 0 Å². The van der Waals surface area contributed by atoms with Gasteiger partial charge in [-0.2, -0.15) is 0 Å². The molecule has 0 fully saturated rings. The molecule has 0 bridgehead atoms. The Bertz CT molecular complexity index is 1960. The molecule has 0 amide bonds. The van der Waals surface area contributed by atoms with Crippen molar-refractivity contribution in [2.75, 3.05) is 0 Å². The van der Waals surface area contributed by atoms with Crippen LogP contribution in [0.3, 0.4) is 0 Å². The highest BCUT2D eigenvalue weighted by molar-refractivity contribution is 5.87. The minimum Gasteiger partial charge on any atom is -0.507 e. The summed E-state index contributed by atoms with van der Waals surface area (Å²) < 4.78 is 12.6. The van der Waals surface area contributed by atoms with Gasteiger partial charge in [-0.25, -0.2) is 9.97 Å². The molecule has 0 radical (unpaired) electrons. The second-order valence-corrected chi connectivity index (χ2v) is 17.2. The monoisotopic (exact) mass is 644 g/mol. The number of rotatable bonds is 3. The Labute approximate surface area is 283 Å². The first-order chi connectivity index (χ1) is 22.1. The van der Waals surface area contributed by atoms with Crippen LogP contribution in [0, 0.1) is 0 Å². The van der Waals surface area contributed by atoms with Gasteiger partial charge in [0.1, 0.15) is 22.5 Å². The van der Waals surface area contributed by atoms with Crippen LogP contribution in [0.25, 0.3) is 56.2 Å². The zero-order valence-corrected chi connectivity index (χ0v) is 30.4. The number of phenolic OH excluding ortho intramolecular Hbond substituents is 2. The summed E-state index contributed by atoms with van der Waals surface area (Å²) in [6, 6.07) is 20.0. The Morgan fingerprint density at radius 3 is 0.979 bits per heavy atom. The third-order valence-corrected chi connectivity index (χ3v) is 9.05. The summed E-state index contributed by atoms with van der Waals surface area (Å²) in [4.78, 5) is 9.82. The Morgan fingerprint density at radius 1 is 0.417 bits per heavy atom. The summed E-state index contributed by atoms with van der Waals surface area (Å²) in [5.41, 5.74) is 8.97. The van der Waals surface area contributed by atoms with E-state index in [9.17, 15) is 10.2 Å². The molecular formula is C42H48N2O4. The molecule has 0 saturated heterocycles. The number of phenols is 2. The minimum atomic E-state index is -0.259. The summed E-state index contributed by atoms with van der Waals surface area (Å²) in [5.74, 6) is 1.71. The van der Waals surface area contributed by atoms with Gasteiger partial charge < -0.3 is 19.0 Å². The van der Waals surface area contributed by atoms with Crippen LogP contribution < -0.4 is 0 Å². The summed E-state index contributed by atoms with van der Waals surface area (Å²) in [6.07, 6.45) is 0. The Balaban J connectivity index is 1.40. The first-order valence-corrected chi connectivity index (χ1v) is 16.7. The van der Waals surface area contributed by atoms with Crippen molar-refractivity contribution in [3.05, 3.63) is 82.9 Å². The van der Waals surface area contributed by atoms with Crippen molar-refractivity contribution >= 4 is 22.2 Å². The minimum absolute atomic E-state index is 0.259. The highest BCUT2D eigenvalue weighted by Crippen LogP contribution is 2.44. The maximum Gasteiger partial charge on any atom is 0.227 e. The van der Waals surface area contributed by atoms with E-state index in [1.165, 1.54) is 0 Å². The molecule has 0 spiro atoms. The summed E-state index contributed by atoms with van der Waals surface area (Å²) in [6.45, 7) is 25.2. The van der Waals surface area contributed by atoms with Crippen LogP contribution in [0.15, 0.2) is 69.5 Å². The standard InChI is InChI=1S/C42H48N2O4/c1-39(2,3)27-17-25(18-28(35(27)45)40(4,5)6)37-43-31-21-23(13-15-33(31)47-37)24-14-16-34-32(22-24)44-38(48-34)26-19-29(41(7,8)9)36(46)30(20-26)42(10,11)12/h13-22,45-46H,1-12H3. The molecule has 2 N–H and O–H groups in total. The van der Waals surface area contributed by atoms with Crippen molar-refractivity contribution < 1.29 is 19.0 Å². The van der Waals surface area contributed by atoms with Crippen molar-refractivity contribution in [1.29, 1.82) is 0 Å². The fourth-order valence-electron chi connectivity index (χ4n) is 6.26. The smallest absolute Gasteiger partial charge is 0.227 e. The molecule has 250 valence electrons. The van der Waals surface area contributed by atoms with E-state index in [2.05, 4.69) is 83.1 Å². The second kappa shape index (κ2) is 11.0. The first kappa shape index (κ1) is 33.3. The predicted molar refractivity (Wildman–Crippen MR) is 196 cm³/mol. The van der Waals surface area contributed by atoms with E-state index >= 15 is 0 Å². The number of oxazole rings is 2. The lowest BCUT2D eigenvalue weighted by Gasteiger charge is -2.27. The molecule has 0 unspecified atom stereocenters. The van der Waals surface area contributed by atoms with Crippen LogP contribution >= 0.6 is 0 Å². The summed E-state index contributed by atoms with van der Waals surface area (Å²) >= 11 is 0. The third kappa shape index (κ3) is 6.09. The van der Waals surface area contributed by atoms with E-state index in [0.717, 1.165) is 55.5 Å². The average molecular weight is 645 g/mol. The van der Waals surface area contributed by atoms with Gasteiger partial charge in [0.2, 0.25) is 11.8 Å². The number of hydrogen-bond donors (Lipinski definition) is 2. The lowest BCUT2D eigenvalue weighted by atomic mass is 9.78. The Hall–Kier alpha value is -4.58. The molecule has 6 rings (SSSR count). The molecule has 48 heavy (non-hydrogen) atoms. The van der Waals surface area contributed by atoms with Crippen molar-refractivity contribution in [3.63, 3.8) is 0 Å². The molecule has 2 aromatic heterocycles. The zero-order chi connectivity index (χ0) is 35.1. The summed E-state index contributed by atoms with van der Waals surface area (Å²) in [7, 11) is 0. The quantitative estimate of drug-likeness (QED) is 0.199. The third-order valence-electron chi connectivity index (χ3n) is 9.05.